The molecule has 0 saturated heterocycles. The van der Waals surface area contributed by atoms with E-state index in [4.69, 9.17) is 0 Å². The first-order valence-corrected chi connectivity index (χ1v) is 5.83. The monoisotopic (exact) mass is 237 g/mol. The second-order valence-corrected chi connectivity index (χ2v) is 4.62. The molecule has 0 bridgehead atoms. The van der Waals surface area contributed by atoms with Crippen LogP contribution >= 0.6 is 0 Å². The molecule has 0 heterocycles. The maximum absolute atomic E-state index is 12.7. The first-order chi connectivity index (χ1) is 8.07. The highest BCUT2D eigenvalue weighted by Gasteiger charge is 2.49. The molecule has 1 N–H and O–H groups in total. The molecule has 1 aromatic carbocycles. The fourth-order valence-corrected chi connectivity index (χ4v) is 1.98. The van der Waals surface area contributed by atoms with Gasteiger partial charge in [0.1, 0.15) is 5.82 Å². The Balaban J connectivity index is 1.99. The van der Waals surface area contributed by atoms with Crippen LogP contribution in [0.3, 0.4) is 0 Å². The Morgan fingerprint density at radius 3 is 2.47 bits per heavy atom. The molecule has 1 amide bonds. The zero-order chi connectivity index (χ0) is 12.5. The van der Waals surface area contributed by atoms with Crippen LogP contribution in [0.5, 0.6) is 0 Å². The number of amides is 1. The summed E-state index contributed by atoms with van der Waals surface area (Å²) in [5, 5.41) is 10.5. The minimum Gasteiger partial charge on any atom is -0.286 e. The van der Waals surface area contributed by atoms with Gasteiger partial charge < -0.3 is 0 Å². The van der Waals surface area contributed by atoms with E-state index in [1.807, 2.05) is 6.92 Å². The molecule has 0 unspecified atom stereocenters. The molecule has 1 aliphatic carbocycles. The van der Waals surface area contributed by atoms with Crippen LogP contribution in [-0.2, 0) is 11.3 Å². The molecule has 0 radical (unpaired) electrons. The van der Waals surface area contributed by atoms with Crippen molar-refractivity contribution in [1.29, 1.82) is 0 Å². The molecule has 17 heavy (non-hydrogen) atoms. The van der Waals surface area contributed by atoms with Crippen molar-refractivity contribution in [1.82, 2.24) is 5.06 Å². The predicted molar refractivity (Wildman–Crippen MR) is 60.7 cm³/mol. The summed E-state index contributed by atoms with van der Waals surface area (Å²) >= 11 is 0. The molecule has 92 valence electrons. The SMILES string of the molecule is CCC1(C(=O)N(O)Cc2ccc(F)cc2)CC1. The molecular formula is C13H16FNO2. The number of carbonyl (C=O) groups excluding carboxylic acids is 1. The van der Waals surface area contributed by atoms with E-state index >= 15 is 0 Å². The van der Waals surface area contributed by atoms with Crippen LogP contribution in [-0.4, -0.2) is 16.2 Å². The summed E-state index contributed by atoms with van der Waals surface area (Å²) in [6.07, 6.45) is 2.46. The molecule has 1 aromatic rings. The van der Waals surface area contributed by atoms with Gasteiger partial charge in [0.25, 0.3) is 5.91 Å². The number of carbonyl (C=O) groups is 1. The van der Waals surface area contributed by atoms with Crippen LogP contribution in [0, 0.1) is 11.2 Å². The minimum absolute atomic E-state index is 0.112. The van der Waals surface area contributed by atoms with Gasteiger partial charge in [-0.05, 0) is 37.0 Å². The second-order valence-electron chi connectivity index (χ2n) is 4.62. The highest BCUT2D eigenvalue weighted by atomic mass is 19.1. The van der Waals surface area contributed by atoms with Crippen molar-refractivity contribution < 1.29 is 14.4 Å². The Hall–Kier alpha value is -1.42. The minimum atomic E-state index is -0.339. The molecule has 3 nitrogen and oxygen atoms in total. The van der Waals surface area contributed by atoms with Crippen molar-refractivity contribution in [2.75, 3.05) is 0 Å². The largest absolute Gasteiger partial charge is 0.286 e. The summed E-state index contributed by atoms with van der Waals surface area (Å²) < 4.78 is 12.7. The number of halogens is 1. The molecule has 4 heteroatoms. The predicted octanol–water partition coefficient (Wildman–Crippen LogP) is 2.73. The zero-order valence-electron chi connectivity index (χ0n) is 9.82. The summed E-state index contributed by atoms with van der Waals surface area (Å²) in [5.74, 6) is -0.541. The Morgan fingerprint density at radius 2 is 2.00 bits per heavy atom. The summed E-state index contributed by atoms with van der Waals surface area (Å²) in [4.78, 5) is 11.9. The van der Waals surface area contributed by atoms with E-state index in [2.05, 4.69) is 0 Å². The van der Waals surface area contributed by atoms with Gasteiger partial charge in [-0.3, -0.25) is 10.0 Å². The molecule has 1 aliphatic rings. The van der Waals surface area contributed by atoms with Crippen LogP contribution in [0.4, 0.5) is 4.39 Å². The van der Waals surface area contributed by atoms with Crippen LogP contribution in [0.2, 0.25) is 0 Å². The fourth-order valence-electron chi connectivity index (χ4n) is 1.98. The highest BCUT2D eigenvalue weighted by Crippen LogP contribution is 2.49. The highest BCUT2D eigenvalue weighted by molar-refractivity contribution is 5.84. The third-order valence-electron chi connectivity index (χ3n) is 3.46. The second kappa shape index (κ2) is 4.45. The third-order valence-corrected chi connectivity index (χ3v) is 3.46. The summed E-state index contributed by atoms with van der Waals surface area (Å²) in [5.41, 5.74) is 0.378. The van der Waals surface area contributed by atoms with Crippen molar-refractivity contribution in [2.24, 2.45) is 5.41 Å². The molecule has 0 aromatic heterocycles. The molecule has 1 fully saturated rings. The van der Waals surface area contributed by atoms with E-state index in [-0.39, 0.29) is 23.7 Å². The van der Waals surface area contributed by atoms with E-state index in [1.54, 1.807) is 12.1 Å². The van der Waals surface area contributed by atoms with E-state index in [1.165, 1.54) is 12.1 Å². The van der Waals surface area contributed by atoms with Crippen LogP contribution in [0.25, 0.3) is 0 Å². The van der Waals surface area contributed by atoms with Crippen molar-refractivity contribution in [3.63, 3.8) is 0 Å². The normalized spacial score (nSPS) is 16.6. The lowest BCUT2D eigenvalue weighted by atomic mass is 10.0. The first-order valence-electron chi connectivity index (χ1n) is 5.83. The molecule has 0 aliphatic heterocycles. The van der Waals surface area contributed by atoms with Crippen molar-refractivity contribution in [2.45, 2.75) is 32.7 Å². The van der Waals surface area contributed by atoms with Gasteiger partial charge in [-0.1, -0.05) is 19.1 Å². The van der Waals surface area contributed by atoms with Crippen LogP contribution < -0.4 is 0 Å². The quantitative estimate of drug-likeness (QED) is 0.646. The van der Waals surface area contributed by atoms with Crippen LogP contribution in [0.15, 0.2) is 24.3 Å². The summed E-state index contributed by atoms with van der Waals surface area (Å²) in [7, 11) is 0. The number of hydrogen-bond donors (Lipinski definition) is 1. The maximum Gasteiger partial charge on any atom is 0.252 e. The van der Waals surface area contributed by atoms with Gasteiger partial charge >= 0.3 is 0 Å². The van der Waals surface area contributed by atoms with Gasteiger partial charge in [0, 0.05) is 0 Å². The molecular weight excluding hydrogens is 221 g/mol. The number of nitrogens with zero attached hydrogens (tertiary/aromatic N) is 1. The van der Waals surface area contributed by atoms with E-state index in [0.29, 0.717) is 5.56 Å². The van der Waals surface area contributed by atoms with Gasteiger partial charge in [0.15, 0.2) is 0 Å². The standard InChI is InChI=1S/C13H16FNO2/c1-2-13(7-8-13)12(16)15(17)9-10-3-5-11(14)6-4-10/h3-6,17H,2,7-9H2,1H3. The average Bonchev–Trinajstić information content (AvgIpc) is 3.12. The van der Waals surface area contributed by atoms with E-state index < -0.39 is 0 Å². The topological polar surface area (TPSA) is 40.5 Å². The molecule has 2 rings (SSSR count). The lowest BCUT2D eigenvalue weighted by Gasteiger charge is -2.20. The van der Waals surface area contributed by atoms with E-state index in [0.717, 1.165) is 24.3 Å². The van der Waals surface area contributed by atoms with Gasteiger partial charge in [-0.2, -0.15) is 0 Å². The smallest absolute Gasteiger partial charge is 0.252 e. The lowest BCUT2D eigenvalue weighted by molar-refractivity contribution is -0.174. The summed E-state index contributed by atoms with van der Waals surface area (Å²) in [6, 6.07) is 5.77. The van der Waals surface area contributed by atoms with Crippen molar-refractivity contribution in [3.8, 4) is 0 Å². The first kappa shape index (κ1) is 12.0. The van der Waals surface area contributed by atoms with Gasteiger partial charge in [-0.15, -0.1) is 0 Å². The van der Waals surface area contributed by atoms with Gasteiger partial charge in [0.2, 0.25) is 0 Å². The Kier molecular flexibility index (Phi) is 3.15. The van der Waals surface area contributed by atoms with E-state index in [9.17, 15) is 14.4 Å². The Labute approximate surface area is 99.8 Å². The Bertz CT molecular complexity index is 412. The third kappa shape index (κ3) is 2.47. The molecule has 1 saturated carbocycles. The number of hydroxylamine groups is 2. The van der Waals surface area contributed by atoms with Crippen molar-refractivity contribution in [3.05, 3.63) is 35.6 Å². The number of benzene rings is 1. The number of hydrogen-bond acceptors (Lipinski definition) is 2. The van der Waals surface area contributed by atoms with Gasteiger partial charge in [-0.25, -0.2) is 9.45 Å². The zero-order valence-corrected chi connectivity index (χ0v) is 9.82. The lowest BCUT2D eigenvalue weighted by Crippen LogP contribution is -2.33. The average molecular weight is 237 g/mol. The summed E-state index contributed by atoms with van der Waals surface area (Å²) in [6.45, 7) is 2.07. The van der Waals surface area contributed by atoms with Crippen LogP contribution in [0.1, 0.15) is 31.7 Å². The molecule has 0 spiro atoms. The number of rotatable bonds is 4. The van der Waals surface area contributed by atoms with Gasteiger partial charge in [0.05, 0.1) is 12.0 Å². The van der Waals surface area contributed by atoms with Crippen molar-refractivity contribution >= 4 is 5.91 Å². The molecule has 0 atom stereocenters. The fraction of sp³-hybridized carbons (Fsp3) is 0.462. The Morgan fingerprint density at radius 1 is 1.41 bits per heavy atom. The maximum atomic E-state index is 12.7.